The lowest BCUT2D eigenvalue weighted by Gasteiger charge is -2.28. The first-order valence-electron chi connectivity index (χ1n) is 11.1. The Bertz CT molecular complexity index is 1190. The molecule has 0 unspecified atom stereocenters. The van der Waals surface area contributed by atoms with Gasteiger partial charge in [0.25, 0.3) is 0 Å². The van der Waals surface area contributed by atoms with Gasteiger partial charge in [-0.2, -0.15) is 0 Å². The van der Waals surface area contributed by atoms with E-state index in [1.54, 1.807) is 0 Å². The molecule has 0 amide bonds. The Hall–Kier alpha value is -3.29. The molecule has 3 nitrogen and oxygen atoms in total. The number of hydrogen-bond donors (Lipinski definition) is 0. The van der Waals surface area contributed by atoms with Crippen LogP contribution in [0.15, 0.2) is 97.1 Å². The molecule has 4 heteroatoms. The fourth-order valence-corrected chi connectivity index (χ4v) is 6.36. The third-order valence-corrected chi connectivity index (χ3v) is 8.64. The van der Waals surface area contributed by atoms with Crippen molar-refractivity contribution in [2.24, 2.45) is 0 Å². The van der Waals surface area contributed by atoms with Crippen molar-refractivity contribution in [1.82, 2.24) is 0 Å². The van der Waals surface area contributed by atoms with E-state index in [2.05, 4.69) is 39.0 Å². The lowest BCUT2D eigenvalue weighted by Crippen LogP contribution is -2.19. The Morgan fingerprint density at radius 2 is 1.21 bits per heavy atom. The topological polar surface area (TPSA) is 27.7 Å². The van der Waals surface area contributed by atoms with Crippen LogP contribution in [0, 0.1) is 0 Å². The molecule has 5 rings (SSSR count). The van der Waals surface area contributed by atoms with Gasteiger partial charge in [0, 0.05) is 10.9 Å². The van der Waals surface area contributed by atoms with E-state index in [-0.39, 0.29) is 5.16 Å². The van der Waals surface area contributed by atoms with Crippen LogP contribution in [-0.2, 0) is 0 Å². The molecule has 0 saturated heterocycles. The van der Waals surface area contributed by atoms with Gasteiger partial charge < -0.3 is 14.2 Å². The van der Waals surface area contributed by atoms with Gasteiger partial charge in [-0.3, -0.25) is 0 Å². The minimum absolute atomic E-state index is 0.117. The SMILES string of the molecule is CC(C)(C)[P@@]1COc2cccc(-c3c(Oc4ccccc4)cccc3Oc3ccccc3)c21. The van der Waals surface area contributed by atoms with E-state index in [9.17, 15) is 0 Å². The van der Waals surface area contributed by atoms with Gasteiger partial charge >= 0.3 is 0 Å². The molecule has 0 spiro atoms. The van der Waals surface area contributed by atoms with Crippen molar-refractivity contribution in [2.45, 2.75) is 25.9 Å². The molecule has 0 aromatic heterocycles. The molecule has 33 heavy (non-hydrogen) atoms. The summed E-state index contributed by atoms with van der Waals surface area (Å²) in [6, 6.07) is 32.1. The zero-order valence-corrected chi connectivity index (χ0v) is 20.0. The largest absolute Gasteiger partial charge is 0.488 e. The minimum Gasteiger partial charge on any atom is -0.488 e. The van der Waals surface area contributed by atoms with Gasteiger partial charge in [-0.25, -0.2) is 0 Å². The molecule has 1 atom stereocenters. The smallest absolute Gasteiger partial charge is 0.139 e. The van der Waals surface area contributed by atoms with Crippen molar-refractivity contribution in [2.75, 3.05) is 6.35 Å². The van der Waals surface area contributed by atoms with Crippen molar-refractivity contribution < 1.29 is 14.2 Å². The van der Waals surface area contributed by atoms with Gasteiger partial charge in [-0.15, -0.1) is 0 Å². The van der Waals surface area contributed by atoms with Crippen molar-refractivity contribution in [3.8, 4) is 39.9 Å². The number of ether oxygens (including phenoxy) is 3. The Kier molecular flexibility index (Phi) is 5.83. The summed E-state index contributed by atoms with van der Waals surface area (Å²) in [5.74, 6) is 4.07. The minimum atomic E-state index is -0.523. The number of hydrogen-bond acceptors (Lipinski definition) is 3. The Morgan fingerprint density at radius 3 is 1.76 bits per heavy atom. The van der Waals surface area contributed by atoms with Crippen LogP contribution in [0.5, 0.6) is 28.7 Å². The number of fused-ring (bicyclic) bond motifs is 1. The van der Waals surface area contributed by atoms with Crippen LogP contribution in [0.25, 0.3) is 11.1 Å². The summed E-state index contributed by atoms with van der Waals surface area (Å²) in [5.41, 5.74) is 2.06. The molecule has 0 saturated carbocycles. The fourth-order valence-electron chi connectivity index (χ4n) is 4.02. The first-order chi connectivity index (χ1) is 16.0. The molecule has 0 N–H and O–H groups in total. The van der Waals surface area contributed by atoms with Gasteiger partial charge in [0.2, 0.25) is 0 Å². The lowest BCUT2D eigenvalue weighted by atomic mass is 10.0. The average molecular weight is 455 g/mol. The number of benzene rings is 4. The second kappa shape index (κ2) is 8.92. The van der Waals surface area contributed by atoms with E-state index in [4.69, 9.17) is 14.2 Å². The second-order valence-corrected chi connectivity index (χ2v) is 11.9. The standard InChI is InChI=1S/C29H27O3P/c1-29(2,3)33-20-30-26-19-10-16-23(28(26)33)27-24(31-21-12-6-4-7-13-21)17-11-18-25(27)32-22-14-8-5-9-15-22/h4-19H,20H2,1-3H3/t33-/m0/s1. The molecule has 4 aromatic carbocycles. The quantitative estimate of drug-likeness (QED) is 0.285. The van der Waals surface area contributed by atoms with Gasteiger partial charge in [0.1, 0.15) is 35.1 Å². The highest BCUT2D eigenvalue weighted by atomic mass is 31.1. The lowest BCUT2D eigenvalue weighted by molar-refractivity contribution is 0.400. The Morgan fingerprint density at radius 1 is 0.667 bits per heavy atom. The summed E-state index contributed by atoms with van der Waals surface area (Å²) in [4.78, 5) is 0. The molecule has 0 radical (unpaired) electrons. The first kappa shape index (κ1) is 21.6. The monoisotopic (exact) mass is 454 g/mol. The highest BCUT2D eigenvalue weighted by molar-refractivity contribution is 7.67. The Labute approximate surface area is 196 Å². The molecule has 0 fully saturated rings. The zero-order chi connectivity index (χ0) is 22.8. The van der Waals surface area contributed by atoms with Crippen LogP contribution in [0.1, 0.15) is 20.8 Å². The molecular weight excluding hydrogens is 427 g/mol. The zero-order valence-electron chi connectivity index (χ0n) is 19.1. The Balaban J connectivity index is 1.70. The molecule has 1 heterocycles. The average Bonchev–Trinajstić information content (AvgIpc) is 3.26. The molecule has 166 valence electrons. The van der Waals surface area contributed by atoms with Crippen LogP contribution in [-0.4, -0.2) is 11.5 Å². The predicted octanol–water partition coefficient (Wildman–Crippen LogP) is 8.19. The van der Waals surface area contributed by atoms with Crippen molar-refractivity contribution in [3.05, 3.63) is 97.1 Å². The first-order valence-corrected chi connectivity index (χ1v) is 12.7. The van der Waals surface area contributed by atoms with Gasteiger partial charge in [0.15, 0.2) is 0 Å². The molecule has 0 aliphatic carbocycles. The summed E-state index contributed by atoms with van der Waals surface area (Å²) < 4.78 is 19.0. The van der Waals surface area contributed by atoms with E-state index in [0.29, 0.717) is 0 Å². The molecule has 0 bridgehead atoms. The van der Waals surface area contributed by atoms with Gasteiger partial charge in [-0.1, -0.05) is 75.4 Å². The second-order valence-electron chi connectivity index (χ2n) is 8.98. The predicted molar refractivity (Wildman–Crippen MR) is 137 cm³/mol. The molecule has 4 aromatic rings. The summed E-state index contributed by atoms with van der Waals surface area (Å²) in [7, 11) is -0.523. The molecular formula is C29H27O3P. The fraction of sp³-hybridized carbons (Fsp3) is 0.172. The van der Waals surface area contributed by atoms with Crippen LogP contribution in [0.4, 0.5) is 0 Å². The van der Waals surface area contributed by atoms with E-state index < -0.39 is 7.92 Å². The van der Waals surface area contributed by atoms with Crippen LogP contribution >= 0.6 is 7.92 Å². The van der Waals surface area contributed by atoms with Crippen LogP contribution in [0.3, 0.4) is 0 Å². The van der Waals surface area contributed by atoms with E-state index >= 15 is 0 Å². The maximum Gasteiger partial charge on any atom is 0.139 e. The maximum atomic E-state index is 6.41. The summed E-state index contributed by atoms with van der Waals surface area (Å²) in [5, 5.41) is 1.40. The third kappa shape index (κ3) is 4.47. The van der Waals surface area contributed by atoms with E-state index in [0.717, 1.165) is 46.2 Å². The van der Waals surface area contributed by atoms with Crippen molar-refractivity contribution in [1.29, 1.82) is 0 Å². The normalized spacial score (nSPS) is 14.9. The highest BCUT2D eigenvalue weighted by Gasteiger charge is 2.36. The summed E-state index contributed by atoms with van der Waals surface area (Å²) in [6.07, 6.45) is 0.738. The van der Waals surface area contributed by atoms with Crippen molar-refractivity contribution in [3.63, 3.8) is 0 Å². The van der Waals surface area contributed by atoms with Crippen LogP contribution < -0.4 is 19.5 Å². The number of para-hydroxylation sites is 2. The van der Waals surface area contributed by atoms with E-state index in [1.807, 2.05) is 78.9 Å². The summed E-state index contributed by atoms with van der Waals surface area (Å²) in [6.45, 7) is 6.88. The van der Waals surface area contributed by atoms with Gasteiger partial charge in [0.05, 0.1) is 5.56 Å². The highest BCUT2D eigenvalue weighted by Crippen LogP contribution is 2.57. The molecule has 1 aliphatic heterocycles. The van der Waals surface area contributed by atoms with E-state index in [1.165, 1.54) is 5.30 Å². The molecule has 1 aliphatic rings. The van der Waals surface area contributed by atoms with Crippen LogP contribution in [0.2, 0.25) is 0 Å². The maximum absolute atomic E-state index is 6.41. The number of rotatable bonds is 5. The van der Waals surface area contributed by atoms with Gasteiger partial charge in [-0.05, 0) is 55.5 Å². The third-order valence-electron chi connectivity index (χ3n) is 5.63. The summed E-state index contributed by atoms with van der Waals surface area (Å²) >= 11 is 0. The van der Waals surface area contributed by atoms with Crippen molar-refractivity contribution >= 4 is 13.2 Å².